The van der Waals surface area contributed by atoms with Crippen LogP contribution in [0.5, 0.6) is 0 Å². The molecule has 0 bridgehead atoms. The number of rotatable bonds is 8. The highest BCUT2D eigenvalue weighted by atomic mass is 16.5. The number of nitrogens with two attached hydrogens (primary N) is 1. The lowest BCUT2D eigenvalue weighted by Gasteiger charge is -2.19. The average Bonchev–Trinajstić information content (AvgIpc) is 2.25. The fraction of sp³-hybridized carbons (Fsp3) is 0.833. The van der Waals surface area contributed by atoms with Crippen molar-refractivity contribution < 1.29 is 14.3 Å². The molecule has 0 saturated heterocycles. The quantitative estimate of drug-likeness (QED) is 0.525. The van der Waals surface area contributed by atoms with Crippen molar-refractivity contribution in [1.82, 2.24) is 10.6 Å². The van der Waals surface area contributed by atoms with Crippen LogP contribution in [0.15, 0.2) is 0 Å². The molecular formula is C12H25N3O3. The van der Waals surface area contributed by atoms with Gasteiger partial charge in [-0.1, -0.05) is 0 Å². The van der Waals surface area contributed by atoms with Crippen LogP contribution in [-0.4, -0.2) is 43.7 Å². The molecule has 0 aliphatic carbocycles. The van der Waals surface area contributed by atoms with Crippen LogP contribution >= 0.6 is 0 Å². The highest BCUT2D eigenvalue weighted by molar-refractivity contribution is 5.87. The monoisotopic (exact) mass is 259 g/mol. The van der Waals surface area contributed by atoms with E-state index < -0.39 is 6.04 Å². The fourth-order valence-corrected chi connectivity index (χ4v) is 1.24. The van der Waals surface area contributed by atoms with E-state index in [0.717, 1.165) is 0 Å². The number of nitrogens with one attached hydrogen (secondary N) is 2. The van der Waals surface area contributed by atoms with Crippen molar-refractivity contribution in [2.24, 2.45) is 5.73 Å². The molecule has 0 aliphatic rings. The van der Waals surface area contributed by atoms with Crippen molar-refractivity contribution >= 4 is 11.8 Å². The number of ether oxygens (including phenoxy) is 1. The molecule has 0 fully saturated rings. The lowest BCUT2D eigenvalue weighted by molar-refractivity contribution is -0.128. The molecule has 0 spiro atoms. The van der Waals surface area contributed by atoms with Gasteiger partial charge in [-0.15, -0.1) is 0 Å². The Kier molecular flexibility index (Phi) is 7.54. The first-order chi connectivity index (χ1) is 8.26. The van der Waals surface area contributed by atoms with E-state index in [9.17, 15) is 9.59 Å². The molecule has 0 aromatic carbocycles. The summed E-state index contributed by atoms with van der Waals surface area (Å²) in [6.45, 7) is 6.26. The van der Waals surface area contributed by atoms with E-state index in [2.05, 4.69) is 10.6 Å². The fourth-order valence-electron chi connectivity index (χ4n) is 1.24. The summed E-state index contributed by atoms with van der Waals surface area (Å²) in [6, 6.07) is -0.546. The highest BCUT2D eigenvalue weighted by Crippen LogP contribution is 2.06. The van der Waals surface area contributed by atoms with E-state index in [-0.39, 0.29) is 17.4 Å². The van der Waals surface area contributed by atoms with Gasteiger partial charge in [-0.2, -0.15) is 0 Å². The van der Waals surface area contributed by atoms with Crippen molar-refractivity contribution in [1.29, 1.82) is 0 Å². The molecule has 0 rings (SSSR count). The second kappa shape index (κ2) is 8.05. The number of hydrogen-bond donors (Lipinski definition) is 3. The van der Waals surface area contributed by atoms with Gasteiger partial charge in [0.25, 0.3) is 0 Å². The third kappa shape index (κ3) is 8.95. The van der Waals surface area contributed by atoms with Gasteiger partial charge in [-0.3, -0.25) is 9.59 Å². The van der Waals surface area contributed by atoms with Gasteiger partial charge in [-0.25, -0.2) is 0 Å². The number of hydrogen-bond acceptors (Lipinski definition) is 4. The van der Waals surface area contributed by atoms with Crippen LogP contribution in [0.1, 0.15) is 33.6 Å². The van der Waals surface area contributed by atoms with Crippen LogP contribution in [0.25, 0.3) is 0 Å². The molecule has 18 heavy (non-hydrogen) atoms. The van der Waals surface area contributed by atoms with Crippen LogP contribution in [0.4, 0.5) is 0 Å². The van der Waals surface area contributed by atoms with Gasteiger partial charge in [0, 0.05) is 25.6 Å². The number of amides is 2. The molecule has 6 heteroatoms. The topological polar surface area (TPSA) is 93.5 Å². The van der Waals surface area contributed by atoms with E-state index in [4.69, 9.17) is 10.5 Å². The van der Waals surface area contributed by atoms with Gasteiger partial charge in [-0.05, 0) is 27.2 Å². The van der Waals surface area contributed by atoms with Gasteiger partial charge in [0.1, 0.15) is 6.04 Å². The van der Waals surface area contributed by atoms with Crippen molar-refractivity contribution in [3.05, 3.63) is 0 Å². The maximum Gasteiger partial charge on any atom is 0.242 e. The first-order valence-electron chi connectivity index (χ1n) is 6.11. The second-order valence-corrected chi connectivity index (χ2v) is 5.06. The Morgan fingerprint density at radius 3 is 2.50 bits per heavy atom. The van der Waals surface area contributed by atoms with E-state index in [1.807, 2.05) is 13.8 Å². The van der Waals surface area contributed by atoms with Gasteiger partial charge >= 0.3 is 0 Å². The summed E-state index contributed by atoms with van der Waals surface area (Å²) in [5, 5.41) is 5.29. The van der Waals surface area contributed by atoms with E-state index in [1.165, 1.54) is 0 Å². The Morgan fingerprint density at radius 2 is 2.00 bits per heavy atom. The smallest absolute Gasteiger partial charge is 0.242 e. The van der Waals surface area contributed by atoms with Crippen molar-refractivity contribution in [3.63, 3.8) is 0 Å². The molecule has 6 nitrogen and oxygen atoms in total. The Morgan fingerprint density at radius 1 is 1.39 bits per heavy atom. The number of carbonyl (C=O) groups is 2. The maximum atomic E-state index is 11.6. The predicted molar refractivity (Wildman–Crippen MR) is 70.0 cm³/mol. The third-order valence-electron chi connectivity index (χ3n) is 2.37. The van der Waals surface area contributed by atoms with E-state index >= 15 is 0 Å². The maximum absolute atomic E-state index is 11.6. The molecule has 0 radical (unpaired) electrons. The summed E-state index contributed by atoms with van der Waals surface area (Å²) in [6.07, 6.45) is 0.899. The van der Waals surface area contributed by atoms with Gasteiger partial charge < -0.3 is 21.1 Å². The molecule has 2 amide bonds. The van der Waals surface area contributed by atoms with Crippen molar-refractivity contribution in [2.75, 3.05) is 20.3 Å². The molecule has 0 aliphatic heterocycles. The molecule has 1 unspecified atom stereocenters. The normalized spacial score (nSPS) is 12.9. The summed E-state index contributed by atoms with van der Waals surface area (Å²) in [5.74, 6) is -0.379. The van der Waals surface area contributed by atoms with Crippen LogP contribution in [-0.2, 0) is 14.3 Å². The predicted octanol–water partition coefficient (Wildman–Crippen LogP) is -0.229. The summed E-state index contributed by atoms with van der Waals surface area (Å²) >= 11 is 0. The van der Waals surface area contributed by atoms with Crippen LogP contribution in [0.3, 0.4) is 0 Å². The minimum absolute atomic E-state index is 0.164. The van der Waals surface area contributed by atoms with Gasteiger partial charge in [0.15, 0.2) is 0 Å². The minimum Gasteiger partial charge on any atom is -0.383 e. The first kappa shape index (κ1) is 16.9. The Labute approximate surface area is 109 Å². The number of carbonyl (C=O) groups excluding carboxylic acids is 2. The molecular weight excluding hydrogens is 234 g/mol. The summed E-state index contributed by atoms with van der Waals surface area (Å²) in [5.41, 5.74) is 5.41. The van der Waals surface area contributed by atoms with Crippen molar-refractivity contribution in [3.8, 4) is 0 Å². The zero-order chi connectivity index (χ0) is 14.2. The lowest BCUT2D eigenvalue weighted by Crippen LogP contribution is -2.46. The summed E-state index contributed by atoms with van der Waals surface area (Å²) < 4.78 is 4.81. The van der Waals surface area contributed by atoms with E-state index in [0.29, 0.717) is 26.0 Å². The highest BCUT2D eigenvalue weighted by Gasteiger charge is 2.17. The van der Waals surface area contributed by atoms with Crippen molar-refractivity contribution in [2.45, 2.75) is 45.2 Å². The van der Waals surface area contributed by atoms with Gasteiger partial charge in [0.2, 0.25) is 11.8 Å². The molecule has 0 aromatic rings. The lowest BCUT2D eigenvalue weighted by atomic mass is 10.00. The third-order valence-corrected chi connectivity index (χ3v) is 2.37. The zero-order valence-electron chi connectivity index (χ0n) is 11.7. The first-order valence-corrected chi connectivity index (χ1v) is 6.11. The van der Waals surface area contributed by atoms with Crippen LogP contribution in [0, 0.1) is 0 Å². The van der Waals surface area contributed by atoms with E-state index in [1.54, 1.807) is 14.0 Å². The summed E-state index contributed by atoms with van der Waals surface area (Å²) in [4.78, 5) is 23.1. The molecule has 0 heterocycles. The van der Waals surface area contributed by atoms with Crippen LogP contribution < -0.4 is 16.4 Å². The minimum atomic E-state index is -0.546. The number of methoxy groups -OCH3 is 1. The summed E-state index contributed by atoms with van der Waals surface area (Å²) in [7, 11) is 1.56. The largest absolute Gasteiger partial charge is 0.383 e. The zero-order valence-corrected chi connectivity index (χ0v) is 11.7. The Balaban J connectivity index is 3.88. The molecule has 4 N–H and O–H groups in total. The van der Waals surface area contributed by atoms with Gasteiger partial charge in [0.05, 0.1) is 6.61 Å². The molecule has 0 saturated carbocycles. The standard InChI is InChI=1S/C12H25N3O3/c1-9(11(17)14-7-8-18-4)15-10(16)5-6-12(2,3)13/h9H,5-8,13H2,1-4H3,(H,14,17)(H,15,16). The SMILES string of the molecule is COCCNC(=O)C(C)NC(=O)CCC(C)(C)N. The molecule has 1 atom stereocenters. The molecule has 0 aromatic heterocycles. The average molecular weight is 259 g/mol. The molecule has 106 valence electrons. The Bertz CT molecular complexity index is 274. The Hall–Kier alpha value is -1.14. The second-order valence-electron chi connectivity index (χ2n) is 5.06. The van der Waals surface area contributed by atoms with Crippen LogP contribution in [0.2, 0.25) is 0 Å².